The van der Waals surface area contributed by atoms with Crippen molar-refractivity contribution in [1.29, 1.82) is 0 Å². The Bertz CT molecular complexity index is 946. The summed E-state index contributed by atoms with van der Waals surface area (Å²) >= 11 is 0. The third-order valence-corrected chi connectivity index (χ3v) is 8.56. The average Bonchev–Trinajstić information content (AvgIpc) is 3.28. The van der Waals surface area contributed by atoms with Crippen LogP contribution in [0.2, 0.25) is 0 Å². The van der Waals surface area contributed by atoms with E-state index in [9.17, 15) is 8.42 Å². The second kappa shape index (κ2) is 12.1. The van der Waals surface area contributed by atoms with Gasteiger partial charge in [-0.1, -0.05) is 68.3 Å². The third-order valence-electron chi connectivity index (χ3n) is 6.64. The van der Waals surface area contributed by atoms with Gasteiger partial charge < -0.3 is 9.47 Å². The highest BCUT2D eigenvalue weighted by Gasteiger charge is 2.34. The van der Waals surface area contributed by atoms with Crippen molar-refractivity contribution in [2.24, 2.45) is 5.92 Å². The molecule has 5 nitrogen and oxygen atoms in total. The minimum Gasteiger partial charge on any atom is -0.376 e. The number of nitrogens with zero attached hydrogens (tertiary/aromatic N) is 1. The van der Waals surface area contributed by atoms with Crippen molar-refractivity contribution in [3.8, 4) is 0 Å². The van der Waals surface area contributed by atoms with Gasteiger partial charge in [-0.05, 0) is 50.3 Å². The lowest BCUT2D eigenvalue weighted by molar-refractivity contribution is -0.0250. The number of hydrogen-bond acceptors (Lipinski definition) is 4. The zero-order valence-corrected chi connectivity index (χ0v) is 21.3. The van der Waals surface area contributed by atoms with E-state index >= 15 is 0 Å². The summed E-state index contributed by atoms with van der Waals surface area (Å²) in [5.41, 5.74) is 2.23. The molecule has 1 fully saturated rings. The number of hydrogen-bond donors (Lipinski definition) is 0. The molecule has 0 N–H and O–H groups in total. The average molecular weight is 474 g/mol. The fraction of sp³-hybridized carbons (Fsp3) is 0.556. The molecule has 6 heteroatoms. The zero-order chi connectivity index (χ0) is 23.8. The molecular formula is C27H39NO4S. The van der Waals surface area contributed by atoms with Gasteiger partial charge in [0.2, 0.25) is 10.0 Å². The Balaban J connectivity index is 1.53. The van der Waals surface area contributed by atoms with Gasteiger partial charge in [-0.2, -0.15) is 4.31 Å². The molecule has 182 valence electrons. The van der Waals surface area contributed by atoms with Crippen molar-refractivity contribution >= 4 is 10.0 Å². The summed E-state index contributed by atoms with van der Waals surface area (Å²) < 4.78 is 40.3. The van der Waals surface area contributed by atoms with Gasteiger partial charge in [-0.3, -0.25) is 0 Å². The van der Waals surface area contributed by atoms with Crippen LogP contribution in [-0.2, 0) is 26.1 Å². The number of aryl methyl sites for hydroxylation is 1. The topological polar surface area (TPSA) is 55.8 Å². The van der Waals surface area contributed by atoms with Crippen LogP contribution >= 0.6 is 0 Å². The highest BCUT2D eigenvalue weighted by atomic mass is 32.2. The molecular weight excluding hydrogens is 434 g/mol. The van der Waals surface area contributed by atoms with Gasteiger partial charge in [-0.15, -0.1) is 0 Å². The number of ether oxygens (including phenoxy) is 2. The molecule has 0 bridgehead atoms. The fourth-order valence-electron chi connectivity index (χ4n) is 4.53. The maximum Gasteiger partial charge on any atom is 0.243 e. The molecule has 0 aromatic heterocycles. The van der Waals surface area contributed by atoms with Crippen molar-refractivity contribution in [2.45, 2.75) is 82.6 Å². The minimum absolute atomic E-state index is 0.0744. The van der Waals surface area contributed by atoms with E-state index in [4.69, 9.17) is 9.47 Å². The van der Waals surface area contributed by atoms with Gasteiger partial charge in [0.15, 0.2) is 0 Å². The van der Waals surface area contributed by atoms with Crippen LogP contribution < -0.4 is 0 Å². The second-order valence-electron chi connectivity index (χ2n) is 9.36. The predicted octanol–water partition coefficient (Wildman–Crippen LogP) is 5.57. The van der Waals surface area contributed by atoms with Crippen LogP contribution in [-0.4, -0.2) is 44.6 Å². The van der Waals surface area contributed by atoms with Gasteiger partial charge in [-0.25, -0.2) is 8.42 Å². The summed E-state index contributed by atoms with van der Waals surface area (Å²) in [5.74, 6) is 0.303. The second-order valence-corrected chi connectivity index (χ2v) is 11.4. The van der Waals surface area contributed by atoms with Crippen LogP contribution in [0, 0.1) is 12.8 Å². The highest BCUT2D eigenvalue weighted by Crippen LogP contribution is 2.31. The number of benzene rings is 2. The SMILES string of the molecule is CCC[C@H](C[C@@H]1CC[C@H]([C@@H](C)COCc2ccccc2)O1)N(C)S(=O)(=O)c1ccc(C)cc1. The molecule has 3 rings (SSSR count). The third kappa shape index (κ3) is 7.12. The summed E-state index contributed by atoms with van der Waals surface area (Å²) in [7, 11) is -1.82. The molecule has 1 aliphatic rings. The van der Waals surface area contributed by atoms with Crippen LogP contribution in [0.1, 0.15) is 57.1 Å². The summed E-state index contributed by atoms with van der Waals surface area (Å²) in [5, 5.41) is 0. The first kappa shape index (κ1) is 25.9. The molecule has 1 saturated heterocycles. The Hall–Kier alpha value is -1.73. The van der Waals surface area contributed by atoms with E-state index in [1.165, 1.54) is 5.56 Å². The summed E-state index contributed by atoms with van der Waals surface area (Å²) in [4.78, 5) is 0.353. The normalized spacial score (nSPS) is 20.8. The smallest absolute Gasteiger partial charge is 0.243 e. The standard InChI is InChI=1S/C27H39NO4S/c1-5-9-24(28(4)33(29,30)26-15-12-21(2)13-16-26)18-25-14-17-27(32-25)22(3)19-31-20-23-10-7-6-8-11-23/h6-8,10-13,15-16,22,24-25,27H,5,9,14,17-20H2,1-4H3/t22-,24+,25-,27+/m0/s1. The molecule has 0 unspecified atom stereocenters. The van der Waals surface area contributed by atoms with Crippen LogP contribution in [0.5, 0.6) is 0 Å². The molecule has 1 heterocycles. The molecule has 0 saturated carbocycles. The Morgan fingerprint density at radius 3 is 2.45 bits per heavy atom. The predicted molar refractivity (Wildman–Crippen MR) is 133 cm³/mol. The number of rotatable bonds is 12. The molecule has 0 aliphatic carbocycles. The molecule has 0 radical (unpaired) electrons. The van der Waals surface area contributed by atoms with Crippen LogP contribution in [0.4, 0.5) is 0 Å². The molecule has 33 heavy (non-hydrogen) atoms. The summed E-state index contributed by atoms with van der Waals surface area (Å²) in [6, 6.07) is 17.2. The van der Waals surface area contributed by atoms with E-state index in [-0.39, 0.29) is 18.2 Å². The Morgan fingerprint density at radius 2 is 1.79 bits per heavy atom. The molecule has 1 aliphatic heterocycles. The molecule has 0 amide bonds. The Morgan fingerprint density at radius 1 is 1.09 bits per heavy atom. The molecule has 2 aromatic carbocycles. The van der Waals surface area contributed by atoms with Gasteiger partial charge in [0.05, 0.1) is 30.3 Å². The lowest BCUT2D eigenvalue weighted by Crippen LogP contribution is -2.39. The van der Waals surface area contributed by atoms with Gasteiger partial charge in [0.25, 0.3) is 0 Å². The van der Waals surface area contributed by atoms with Crippen LogP contribution in [0.3, 0.4) is 0 Å². The van der Waals surface area contributed by atoms with Crippen molar-refractivity contribution in [2.75, 3.05) is 13.7 Å². The van der Waals surface area contributed by atoms with Crippen LogP contribution in [0.25, 0.3) is 0 Å². The summed E-state index contributed by atoms with van der Waals surface area (Å²) in [6.45, 7) is 7.51. The van der Waals surface area contributed by atoms with E-state index in [0.717, 1.165) is 37.7 Å². The zero-order valence-electron chi connectivity index (χ0n) is 20.4. The quantitative estimate of drug-likeness (QED) is 0.404. The van der Waals surface area contributed by atoms with Crippen molar-refractivity contribution in [1.82, 2.24) is 4.31 Å². The van der Waals surface area contributed by atoms with E-state index in [2.05, 4.69) is 26.0 Å². The van der Waals surface area contributed by atoms with E-state index in [1.807, 2.05) is 37.3 Å². The maximum absolute atomic E-state index is 13.2. The van der Waals surface area contributed by atoms with Crippen molar-refractivity contribution in [3.63, 3.8) is 0 Å². The van der Waals surface area contributed by atoms with Gasteiger partial charge >= 0.3 is 0 Å². The van der Waals surface area contributed by atoms with Crippen molar-refractivity contribution < 1.29 is 17.9 Å². The minimum atomic E-state index is -3.53. The van der Waals surface area contributed by atoms with E-state index < -0.39 is 10.0 Å². The van der Waals surface area contributed by atoms with Crippen molar-refractivity contribution in [3.05, 3.63) is 65.7 Å². The molecule has 4 atom stereocenters. The van der Waals surface area contributed by atoms with Gasteiger partial charge in [0.1, 0.15) is 0 Å². The van der Waals surface area contributed by atoms with E-state index in [1.54, 1.807) is 23.5 Å². The Kier molecular flexibility index (Phi) is 9.50. The van der Waals surface area contributed by atoms with E-state index in [0.29, 0.717) is 24.0 Å². The highest BCUT2D eigenvalue weighted by molar-refractivity contribution is 7.89. The largest absolute Gasteiger partial charge is 0.376 e. The molecule has 0 spiro atoms. The first-order valence-corrected chi connectivity index (χ1v) is 13.6. The lowest BCUT2D eigenvalue weighted by atomic mass is 10.0. The van der Waals surface area contributed by atoms with Gasteiger partial charge in [0, 0.05) is 19.0 Å². The maximum atomic E-state index is 13.2. The Labute approximate surface area is 200 Å². The number of sulfonamides is 1. The monoisotopic (exact) mass is 473 g/mol. The first-order valence-electron chi connectivity index (χ1n) is 12.1. The lowest BCUT2D eigenvalue weighted by Gasteiger charge is -2.30. The first-order chi connectivity index (χ1) is 15.8. The fourth-order valence-corrected chi connectivity index (χ4v) is 5.92. The molecule has 2 aromatic rings. The summed E-state index contributed by atoms with van der Waals surface area (Å²) in [6.07, 6.45) is 4.68. The van der Waals surface area contributed by atoms with Crippen LogP contribution in [0.15, 0.2) is 59.5 Å².